The van der Waals surface area contributed by atoms with Gasteiger partial charge in [0.25, 0.3) is 0 Å². The van der Waals surface area contributed by atoms with Crippen LogP contribution in [0.3, 0.4) is 0 Å². The van der Waals surface area contributed by atoms with Crippen molar-refractivity contribution in [3.8, 4) is 11.5 Å². The maximum absolute atomic E-state index is 12.6. The van der Waals surface area contributed by atoms with Crippen LogP contribution in [0.15, 0.2) is 59.8 Å². The first kappa shape index (κ1) is 21.8. The van der Waals surface area contributed by atoms with Crippen molar-refractivity contribution < 1.29 is 22.7 Å². The Bertz CT molecular complexity index is 1180. The summed E-state index contributed by atoms with van der Waals surface area (Å²) in [6.45, 7) is 1.40. The number of rotatable bonds is 8. The zero-order valence-corrected chi connectivity index (χ0v) is 18.0. The summed E-state index contributed by atoms with van der Waals surface area (Å²) in [6.07, 6.45) is 4.12. The molecule has 2 N–H and O–H groups in total. The summed E-state index contributed by atoms with van der Waals surface area (Å²) in [5.41, 5.74) is 0.845. The van der Waals surface area contributed by atoms with Gasteiger partial charge in [0.15, 0.2) is 17.3 Å². The molecular weight excluding hydrogens is 434 g/mol. The van der Waals surface area contributed by atoms with E-state index in [4.69, 9.17) is 9.47 Å². The Morgan fingerprint density at radius 2 is 1.94 bits per heavy atom. The van der Waals surface area contributed by atoms with Gasteiger partial charge in [0.05, 0.1) is 30.3 Å². The van der Waals surface area contributed by atoms with E-state index in [0.717, 1.165) is 12.1 Å². The number of nitrogens with one attached hydrogen (secondary N) is 2. The van der Waals surface area contributed by atoms with Crippen LogP contribution in [-0.2, 0) is 21.4 Å². The standard InChI is InChI=1S/C21H23N5O5S/c27-21(24-20-8-11-26(25-20)15-16-4-1-2-9-22-16)7-10-23-32(28,29)17-5-6-18-19(14-17)31-13-3-12-30-18/h1-2,4-6,8-9,11,14,23H,3,7,10,12-13,15H2,(H,24,25,27). The Balaban J connectivity index is 1.28. The maximum Gasteiger partial charge on any atom is 0.240 e. The molecule has 0 unspecified atom stereocenters. The molecule has 1 aliphatic rings. The molecule has 168 valence electrons. The molecule has 1 aliphatic heterocycles. The third kappa shape index (κ3) is 5.62. The fourth-order valence-electron chi connectivity index (χ4n) is 3.07. The number of benzene rings is 1. The van der Waals surface area contributed by atoms with E-state index in [1.165, 1.54) is 12.1 Å². The Kier molecular flexibility index (Phi) is 6.66. The zero-order chi connectivity index (χ0) is 22.4. The average molecular weight is 458 g/mol. The lowest BCUT2D eigenvalue weighted by Gasteiger charge is -2.10. The SMILES string of the molecule is O=C(CCNS(=O)(=O)c1ccc2c(c1)OCCCO2)Nc1ccn(Cc2ccccn2)n1. The second-order valence-electron chi connectivity index (χ2n) is 7.07. The molecule has 0 bridgehead atoms. The molecule has 0 atom stereocenters. The van der Waals surface area contributed by atoms with Crippen LogP contribution in [0.25, 0.3) is 0 Å². The minimum absolute atomic E-state index is 0.0448. The van der Waals surface area contributed by atoms with Gasteiger partial charge in [-0.15, -0.1) is 0 Å². The molecule has 3 heterocycles. The van der Waals surface area contributed by atoms with E-state index in [9.17, 15) is 13.2 Å². The van der Waals surface area contributed by atoms with E-state index in [2.05, 4.69) is 20.1 Å². The molecule has 4 rings (SSSR count). The average Bonchev–Trinajstić information content (AvgIpc) is 3.07. The molecule has 3 aromatic rings. The van der Waals surface area contributed by atoms with E-state index in [1.807, 2.05) is 18.2 Å². The van der Waals surface area contributed by atoms with E-state index in [0.29, 0.717) is 37.1 Å². The van der Waals surface area contributed by atoms with Gasteiger partial charge in [0.2, 0.25) is 15.9 Å². The molecule has 0 spiro atoms. The number of carbonyl (C=O) groups is 1. The lowest BCUT2D eigenvalue weighted by molar-refractivity contribution is -0.116. The largest absolute Gasteiger partial charge is 0.490 e. The lowest BCUT2D eigenvalue weighted by atomic mass is 10.3. The van der Waals surface area contributed by atoms with Crippen molar-refractivity contribution in [2.75, 3.05) is 25.1 Å². The molecule has 0 saturated heterocycles. The number of pyridine rings is 1. The fourth-order valence-corrected chi connectivity index (χ4v) is 4.12. The molecule has 10 nitrogen and oxygen atoms in total. The summed E-state index contributed by atoms with van der Waals surface area (Å²) in [7, 11) is -3.80. The lowest BCUT2D eigenvalue weighted by Crippen LogP contribution is -2.28. The van der Waals surface area contributed by atoms with Crippen molar-refractivity contribution in [2.45, 2.75) is 24.3 Å². The van der Waals surface area contributed by atoms with Crippen molar-refractivity contribution in [1.82, 2.24) is 19.5 Å². The summed E-state index contributed by atoms with van der Waals surface area (Å²) < 4.78 is 40.3. The van der Waals surface area contributed by atoms with Gasteiger partial charge in [-0.05, 0) is 24.3 Å². The molecule has 0 fully saturated rings. The number of hydrogen-bond donors (Lipinski definition) is 2. The molecule has 32 heavy (non-hydrogen) atoms. The Labute approximate surface area is 185 Å². The van der Waals surface area contributed by atoms with Crippen molar-refractivity contribution in [3.05, 3.63) is 60.6 Å². The first-order valence-electron chi connectivity index (χ1n) is 10.1. The van der Waals surface area contributed by atoms with Crippen LogP contribution >= 0.6 is 0 Å². The van der Waals surface area contributed by atoms with Gasteiger partial charge in [-0.2, -0.15) is 5.10 Å². The van der Waals surface area contributed by atoms with Crippen LogP contribution in [0.2, 0.25) is 0 Å². The summed E-state index contributed by atoms with van der Waals surface area (Å²) in [5.74, 6) is 0.943. The number of fused-ring (bicyclic) bond motifs is 1. The normalized spacial score (nSPS) is 13.4. The second-order valence-corrected chi connectivity index (χ2v) is 8.84. The predicted octanol–water partition coefficient (Wildman–Crippen LogP) is 1.79. The summed E-state index contributed by atoms with van der Waals surface area (Å²) in [4.78, 5) is 16.5. The number of carbonyl (C=O) groups excluding carboxylic acids is 1. The minimum atomic E-state index is -3.80. The molecule has 11 heteroatoms. The monoisotopic (exact) mass is 457 g/mol. The number of amides is 1. The quantitative estimate of drug-likeness (QED) is 0.528. The molecular formula is C21H23N5O5S. The smallest absolute Gasteiger partial charge is 0.240 e. The number of nitrogens with zero attached hydrogens (tertiary/aromatic N) is 3. The predicted molar refractivity (Wildman–Crippen MR) is 116 cm³/mol. The van der Waals surface area contributed by atoms with Gasteiger partial charge in [-0.3, -0.25) is 14.5 Å². The third-order valence-corrected chi connectivity index (χ3v) is 6.09. The van der Waals surface area contributed by atoms with Gasteiger partial charge in [0.1, 0.15) is 0 Å². The minimum Gasteiger partial charge on any atom is -0.490 e. The Morgan fingerprint density at radius 1 is 1.09 bits per heavy atom. The van der Waals surface area contributed by atoms with Gasteiger partial charge in [-0.25, -0.2) is 13.1 Å². The van der Waals surface area contributed by atoms with Crippen molar-refractivity contribution in [2.24, 2.45) is 0 Å². The first-order valence-corrected chi connectivity index (χ1v) is 11.6. The number of anilines is 1. The molecule has 1 amide bonds. The molecule has 1 aromatic carbocycles. The van der Waals surface area contributed by atoms with Crippen molar-refractivity contribution in [3.63, 3.8) is 0 Å². The van der Waals surface area contributed by atoms with E-state index < -0.39 is 10.0 Å². The van der Waals surface area contributed by atoms with Crippen molar-refractivity contribution >= 4 is 21.7 Å². The number of ether oxygens (including phenoxy) is 2. The number of sulfonamides is 1. The Hall–Kier alpha value is -3.44. The van der Waals surface area contributed by atoms with Gasteiger partial charge < -0.3 is 14.8 Å². The van der Waals surface area contributed by atoms with Crippen LogP contribution in [0.5, 0.6) is 11.5 Å². The highest BCUT2D eigenvalue weighted by Crippen LogP contribution is 2.31. The van der Waals surface area contributed by atoms with Crippen LogP contribution < -0.4 is 19.5 Å². The van der Waals surface area contributed by atoms with Crippen molar-refractivity contribution in [1.29, 1.82) is 0 Å². The highest BCUT2D eigenvalue weighted by atomic mass is 32.2. The van der Waals surface area contributed by atoms with E-state index in [1.54, 1.807) is 29.2 Å². The van der Waals surface area contributed by atoms with Gasteiger partial charge in [-0.1, -0.05) is 6.07 Å². The fraction of sp³-hybridized carbons (Fsp3) is 0.286. The molecule has 0 saturated carbocycles. The van der Waals surface area contributed by atoms with Gasteiger partial charge >= 0.3 is 0 Å². The molecule has 2 aromatic heterocycles. The molecule has 0 radical (unpaired) electrons. The summed E-state index contributed by atoms with van der Waals surface area (Å²) in [5, 5.41) is 6.94. The maximum atomic E-state index is 12.6. The van der Waals surface area contributed by atoms with Gasteiger partial charge in [0, 0.05) is 43.9 Å². The highest BCUT2D eigenvalue weighted by molar-refractivity contribution is 7.89. The zero-order valence-electron chi connectivity index (χ0n) is 17.2. The Morgan fingerprint density at radius 3 is 2.75 bits per heavy atom. The highest BCUT2D eigenvalue weighted by Gasteiger charge is 2.19. The summed E-state index contributed by atoms with van der Waals surface area (Å²) in [6, 6.07) is 11.7. The van der Waals surface area contributed by atoms with Crippen LogP contribution in [0, 0.1) is 0 Å². The van der Waals surface area contributed by atoms with E-state index >= 15 is 0 Å². The molecule has 0 aliphatic carbocycles. The van der Waals surface area contributed by atoms with Crippen LogP contribution in [0.4, 0.5) is 5.82 Å². The number of hydrogen-bond acceptors (Lipinski definition) is 7. The number of aromatic nitrogens is 3. The topological polar surface area (TPSA) is 124 Å². The summed E-state index contributed by atoms with van der Waals surface area (Å²) >= 11 is 0. The van der Waals surface area contributed by atoms with E-state index in [-0.39, 0.29) is 23.8 Å². The van der Waals surface area contributed by atoms with Crippen LogP contribution in [0.1, 0.15) is 18.5 Å². The third-order valence-electron chi connectivity index (χ3n) is 4.63. The first-order chi connectivity index (χ1) is 15.5. The second kappa shape index (κ2) is 9.79. The van der Waals surface area contributed by atoms with Crippen LogP contribution in [-0.4, -0.2) is 48.8 Å².